The van der Waals surface area contributed by atoms with E-state index in [1.807, 2.05) is 0 Å². The molecule has 0 aromatic heterocycles. The molecule has 0 heterocycles. The molecular formula is Mg2O6P2S3. The first-order valence-corrected chi connectivity index (χ1v) is 6.57. The van der Waals surface area contributed by atoms with Gasteiger partial charge in [-0.3, -0.25) is 0 Å². The van der Waals surface area contributed by atoms with Crippen molar-refractivity contribution < 1.29 is 29.4 Å². The zero-order valence-corrected chi connectivity index (χ0v) is 13.0. The Morgan fingerprint density at radius 2 is 0.615 bits per heavy atom. The van der Waals surface area contributed by atoms with Gasteiger partial charge in [-0.2, -0.15) is 23.6 Å². The van der Waals surface area contributed by atoms with Crippen LogP contribution in [0.3, 0.4) is 0 Å². The van der Waals surface area contributed by atoms with E-state index in [0.29, 0.717) is 0 Å². The van der Waals surface area contributed by atoms with Crippen molar-refractivity contribution in [3.63, 3.8) is 0 Å². The molecule has 0 aliphatic carbocycles. The van der Waals surface area contributed by atoms with E-state index in [1.165, 1.54) is 0 Å². The van der Waals surface area contributed by atoms with Crippen LogP contribution in [0, 0.1) is 0 Å². The summed E-state index contributed by atoms with van der Waals surface area (Å²) in [6, 6.07) is 0. The van der Waals surface area contributed by atoms with Crippen molar-refractivity contribution in [2.45, 2.75) is 0 Å². The Labute approximate surface area is 125 Å². The predicted molar refractivity (Wildman–Crippen MR) is 47.4 cm³/mol. The Morgan fingerprint density at radius 3 is 0.615 bits per heavy atom. The van der Waals surface area contributed by atoms with E-state index < -0.39 is 13.4 Å². The largest absolute Gasteiger partial charge is 2.00 e. The minimum Gasteiger partial charge on any atom is -0.844 e. The molecule has 0 N–H and O–H groups in total. The zero-order valence-electron chi connectivity index (χ0n) is 5.98. The molecule has 0 amide bonds. The molecule has 0 saturated carbocycles. The maximum atomic E-state index is 8.92. The van der Waals surface area contributed by atoms with Crippen LogP contribution < -0.4 is 29.4 Å². The van der Waals surface area contributed by atoms with Gasteiger partial charge in [0, 0.05) is 0 Å². The van der Waals surface area contributed by atoms with Gasteiger partial charge in [-0.15, -0.1) is 0 Å². The second-order valence-electron chi connectivity index (χ2n) is 0.894. The predicted octanol–water partition coefficient (Wildman–Crippen LogP) is -6.18. The van der Waals surface area contributed by atoms with Gasteiger partial charge in [-0.1, -0.05) is 0 Å². The summed E-state index contributed by atoms with van der Waals surface area (Å²) in [6.07, 6.45) is 0. The number of hydrogen-bond donors (Lipinski definition) is 0. The molecule has 0 unspecified atom stereocenters. The molecule has 0 saturated heterocycles. The molecule has 0 fully saturated rings. The molecule has 6 nitrogen and oxygen atoms in total. The first-order chi connectivity index (χ1) is 4.00. The van der Waals surface area contributed by atoms with Crippen molar-refractivity contribution in [3.05, 3.63) is 0 Å². The Morgan fingerprint density at radius 1 is 0.615 bits per heavy atom. The van der Waals surface area contributed by atoms with Crippen LogP contribution in [0.25, 0.3) is 0 Å². The minimum atomic E-state index is -4.56. The van der Waals surface area contributed by atoms with Crippen LogP contribution in [-0.2, 0) is 37.1 Å². The van der Waals surface area contributed by atoms with Crippen LogP contribution >= 0.6 is 13.4 Å². The molecule has 0 aromatic carbocycles. The fraction of sp³-hybridized carbons (Fsp3) is 0. The van der Waals surface area contributed by atoms with E-state index in [-0.39, 0.29) is 59.6 Å². The topological polar surface area (TPSA) is 138 Å². The van der Waals surface area contributed by atoms with Gasteiger partial charge in [-0.05, 0) is 0 Å². The maximum Gasteiger partial charge on any atom is 2.00 e. The van der Waals surface area contributed by atoms with Gasteiger partial charge in [0.25, 0.3) is 0 Å². The van der Waals surface area contributed by atoms with Gasteiger partial charge in [0.05, 0.1) is 0 Å². The maximum absolute atomic E-state index is 8.92. The third kappa shape index (κ3) is 289. The summed E-state index contributed by atoms with van der Waals surface area (Å²) in [5, 5.41) is 0. The number of hydrogen-bond acceptors (Lipinski definition) is 8. The SMILES string of the molecule is [Mg+2].[Mg+2].[O-]P([O-])([O-])=S.[O-]P([O-])([O-])=S.[S+2]. The van der Waals surface area contributed by atoms with Crippen molar-refractivity contribution >= 4 is 96.7 Å². The molecule has 0 rings (SSSR count). The standard InChI is InChI=1S/2Mg.2H3O3PS.S/c;;2*1-4(2,3)5;/h;;2*(H3,1,2,3,5);/q2*+2;;;+2/p-6. The molecule has 4 radical (unpaired) electrons. The monoisotopic (exact) mass is 302 g/mol. The van der Waals surface area contributed by atoms with Crippen molar-refractivity contribution in [3.8, 4) is 0 Å². The average Bonchev–Trinajstić information content (AvgIpc) is 1.12. The summed E-state index contributed by atoms with van der Waals surface area (Å²) in [7, 11) is 0. The fourth-order valence-electron chi connectivity index (χ4n) is 0. The average molecular weight is 303 g/mol. The van der Waals surface area contributed by atoms with E-state index in [1.54, 1.807) is 0 Å². The van der Waals surface area contributed by atoms with Crippen LogP contribution in [0.4, 0.5) is 0 Å². The summed E-state index contributed by atoms with van der Waals surface area (Å²) >= 11 is 6.54. The van der Waals surface area contributed by atoms with E-state index in [4.69, 9.17) is 29.4 Å². The molecule has 0 spiro atoms. The van der Waals surface area contributed by atoms with E-state index in [2.05, 4.69) is 23.6 Å². The van der Waals surface area contributed by atoms with Gasteiger partial charge in [0.15, 0.2) is 0 Å². The molecular weight excluding hydrogens is 303 g/mol. The summed E-state index contributed by atoms with van der Waals surface area (Å²) in [4.78, 5) is 53.5. The van der Waals surface area contributed by atoms with Gasteiger partial charge < -0.3 is 42.8 Å². The Bertz CT molecular complexity index is 136. The van der Waals surface area contributed by atoms with Gasteiger partial charge in [-0.25, -0.2) is 0 Å². The molecule has 13 heavy (non-hydrogen) atoms. The second-order valence-corrected chi connectivity index (χ2v) is 5.37. The van der Waals surface area contributed by atoms with Crippen LogP contribution in [0.5, 0.6) is 0 Å². The third-order valence-electron chi connectivity index (χ3n) is 0. The van der Waals surface area contributed by atoms with Gasteiger partial charge >= 0.3 is 59.6 Å². The van der Waals surface area contributed by atoms with Crippen LogP contribution in [0.15, 0.2) is 0 Å². The fourth-order valence-corrected chi connectivity index (χ4v) is 0. The number of rotatable bonds is 0. The molecule has 13 heteroatoms. The van der Waals surface area contributed by atoms with Gasteiger partial charge in [0.1, 0.15) is 0 Å². The second kappa shape index (κ2) is 13.0. The molecule has 68 valence electrons. The summed E-state index contributed by atoms with van der Waals surface area (Å²) < 4.78 is 0. The third-order valence-corrected chi connectivity index (χ3v) is 0. The van der Waals surface area contributed by atoms with Crippen LogP contribution in [0.1, 0.15) is 0 Å². The van der Waals surface area contributed by atoms with Crippen molar-refractivity contribution in [2.24, 2.45) is 0 Å². The Hall–Kier alpha value is 2.94. The minimum absolute atomic E-state index is 0. The van der Waals surface area contributed by atoms with Crippen LogP contribution in [0.2, 0.25) is 0 Å². The van der Waals surface area contributed by atoms with Crippen LogP contribution in [-0.4, -0.2) is 46.1 Å². The normalized spacial score (nSPS) is 9.08. The zero-order chi connectivity index (χ0) is 9.00. The Balaban J connectivity index is -0.0000000267. The smallest absolute Gasteiger partial charge is 0.844 e. The van der Waals surface area contributed by atoms with Crippen molar-refractivity contribution in [2.75, 3.05) is 0 Å². The van der Waals surface area contributed by atoms with E-state index in [9.17, 15) is 0 Å². The van der Waals surface area contributed by atoms with E-state index in [0.717, 1.165) is 0 Å². The van der Waals surface area contributed by atoms with Crippen molar-refractivity contribution in [1.82, 2.24) is 0 Å². The van der Waals surface area contributed by atoms with Crippen molar-refractivity contribution in [1.29, 1.82) is 0 Å². The molecule has 0 bridgehead atoms. The molecule has 0 aliphatic heterocycles. The van der Waals surface area contributed by atoms with Gasteiger partial charge in [0.2, 0.25) is 0 Å². The first kappa shape index (κ1) is 29.7. The first-order valence-electron chi connectivity index (χ1n) is 1.46. The summed E-state index contributed by atoms with van der Waals surface area (Å²) in [5.74, 6) is 0. The Kier molecular flexibility index (Phi) is 29.7. The molecule has 0 aliphatic rings. The quantitative estimate of drug-likeness (QED) is 0.318. The summed E-state index contributed by atoms with van der Waals surface area (Å²) in [5.41, 5.74) is 0. The van der Waals surface area contributed by atoms with E-state index >= 15 is 0 Å². The molecule has 0 atom stereocenters. The summed E-state index contributed by atoms with van der Waals surface area (Å²) in [6.45, 7) is -9.11. The molecule has 0 aromatic rings.